The van der Waals surface area contributed by atoms with Crippen LogP contribution in [0.2, 0.25) is 0 Å². The van der Waals surface area contributed by atoms with E-state index in [4.69, 9.17) is 11.5 Å². The van der Waals surface area contributed by atoms with Gasteiger partial charge in [-0.05, 0) is 36.5 Å². The van der Waals surface area contributed by atoms with E-state index in [1.54, 1.807) is 12.1 Å². The number of hydrogen-bond donors (Lipinski definition) is 3. The summed E-state index contributed by atoms with van der Waals surface area (Å²) >= 11 is 0. The number of primary amides is 1. The predicted molar refractivity (Wildman–Crippen MR) is 79.0 cm³/mol. The number of benzene rings is 1. The third-order valence-electron chi connectivity index (χ3n) is 4.17. The first-order valence-electron chi connectivity index (χ1n) is 6.86. The Hall–Kier alpha value is -1.71. The van der Waals surface area contributed by atoms with Crippen molar-refractivity contribution in [3.8, 4) is 0 Å². The van der Waals surface area contributed by atoms with Gasteiger partial charge in [-0.15, -0.1) is 0 Å². The van der Waals surface area contributed by atoms with Gasteiger partial charge in [0, 0.05) is 11.6 Å². The normalized spacial score (nSPS) is 21.9. The van der Waals surface area contributed by atoms with E-state index in [-0.39, 0.29) is 5.41 Å². The standard InChI is InChI=1S/C15H23N3O/c1-15(2)8-4-3-5-13(15)18-12-7-6-10(14(17)19)9-11(12)16/h6-7,9,13,18H,3-5,8,16H2,1-2H3,(H2,17,19). The molecule has 1 amide bonds. The number of nitrogen functional groups attached to an aromatic ring is 1. The van der Waals surface area contributed by atoms with Crippen LogP contribution < -0.4 is 16.8 Å². The second-order valence-corrected chi connectivity index (χ2v) is 6.10. The van der Waals surface area contributed by atoms with Gasteiger partial charge in [-0.2, -0.15) is 0 Å². The number of nitrogens with one attached hydrogen (secondary N) is 1. The molecule has 1 aliphatic rings. The summed E-state index contributed by atoms with van der Waals surface area (Å²) in [4.78, 5) is 11.1. The van der Waals surface area contributed by atoms with Crippen LogP contribution in [-0.2, 0) is 0 Å². The van der Waals surface area contributed by atoms with Gasteiger partial charge in [-0.1, -0.05) is 26.7 Å². The zero-order chi connectivity index (χ0) is 14.0. The maximum Gasteiger partial charge on any atom is 0.248 e. The van der Waals surface area contributed by atoms with E-state index in [1.165, 1.54) is 19.3 Å². The first kappa shape index (κ1) is 13.7. The number of carbonyl (C=O) groups is 1. The molecule has 0 aromatic heterocycles. The van der Waals surface area contributed by atoms with E-state index >= 15 is 0 Å². The maximum atomic E-state index is 11.1. The van der Waals surface area contributed by atoms with Gasteiger partial charge in [0.25, 0.3) is 0 Å². The lowest BCUT2D eigenvalue weighted by molar-refractivity contribution is 0.100. The van der Waals surface area contributed by atoms with E-state index in [0.29, 0.717) is 17.3 Å². The lowest BCUT2D eigenvalue weighted by Gasteiger charge is -2.39. The molecule has 1 saturated carbocycles. The minimum Gasteiger partial charge on any atom is -0.397 e. The number of anilines is 2. The lowest BCUT2D eigenvalue weighted by Crippen LogP contribution is -2.39. The van der Waals surface area contributed by atoms with Crippen molar-refractivity contribution in [3.05, 3.63) is 23.8 Å². The van der Waals surface area contributed by atoms with Gasteiger partial charge in [0.1, 0.15) is 0 Å². The number of rotatable bonds is 3. The monoisotopic (exact) mass is 261 g/mol. The molecule has 1 aromatic rings. The highest BCUT2D eigenvalue weighted by atomic mass is 16.1. The van der Waals surface area contributed by atoms with Crippen LogP contribution in [0.3, 0.4) is 0 Å². The van der Waals surface area contributed by atoms with Crippen LogP contribution in [0.15, 0.2) is 18.2 Å². The third-order valence-corrected chi connectivity index (χ3v) is 4.17. The number of amides is 1. The fraction of sp³-hybridized carbons (Fsp3) is 0.533. The van der Waals surface area contributed by atoms with Crippen LogP contribution in [0, 0.1) is 5.41 Å². The number of carbonyl (C=O) groups excluding carboxylic acids is 1. The van der Waals surface area contributed by atoms with Crippen LogP contribution in [-0.4, -0.2) is 11.9 Å². The highest BCUT2D eigenvalue weighted by molar-refractivity contribution is 5.94. The van der Waals surface area contributed by atoms with Gasteiger partial charge >= 0.3 is 0 Å². The van der Waals surface area contributed by atoms with Gasteiger partial charge in [-0.3, -0.25) is 4.79 Å². The van der Waals surface area contributed by atoms with Crippen molar-refractivity contribution in [1.82, 2.24) is 0 Å². The van der Waals surface area contributed by atoms with Crippen molar-refractivity contribution < 1.29 is 4.79 Å². The van der Waals surface area contributed by atoms with E-state index in [0.717, 1.165) is 12.1 Å². The van der Waals surface area contributed by atoms with E-state index in [2.05, 4.69) is 19.2 Å². The SMILES string of the molecule is CC1(C)CCCCC1Nc1ccc(C(N)=O)cc1N. The van der Waals surface area contributed by atoms with Crippen LogP contribution >= 0.6 is 0 Å². The largest absolute Gasteiger partial charge is 0.397 e. The molecule has 1 fully saturated rings. The smallest absolute Gasteiger partial charge is 0.248 e. The second-order valence-electron chi connectivity index (χ2n) is 6.10. The molecule has 1 aromatic carbocycles. The summed E-state index contributed by atoms with van der Waals surface area (Å²) < 4.78 is 0. The minimum absolute atomic E-state index is 0.271. The Morgan fingerprint density at radius 1 is 1.37 bits per heavy atom. The molecule has 1 aliphatic carbocycles. The summed E-state index contributed by atoms with van der Waals surface area (Å²) in [5.74, 6) is -0.448. The van der Waals surface area contributed by atoms with Gasteiger partial charge < -0.3 is 16.8 Å². The maximum absolute atomic E-state index is 11.1. The van der Waals surface area contributed by atoms with Crippen LogP contribution in [0.1, 0.15) is 49.9 Å². The number of nitrogens with two attached hydrogens (primary N) is 2. The molecular weight excluding hydrogens is 238 g/mol. The van der Waals surface area contributed by atoms with Crippen molar-refractivity contribution in [2.45, 2.75) is 45.6 Å². The van der Waals surface area contributed by atoms with E-state index in [9.17, 15) is 4.79 Å². The molecule has 19 heavy (non-hydrogen) atoms. The molecule has 0 saturated heterocycles. The molecular formula is C15H23N3O. The van der Waals surface area contributed by atoms with Crippen LogP contribution in [0.5, 0.6) is 0 Å². The van der Waals surface area contributed by atoms with Gasteiger partial charge in [0.2, 0.25) is 5.91 Å². The van der Waals surface area contributed by atoms with Gasteiger partial charge in [-0.25, -0.2) is 0 Å². The Morgan fingerprint density at radius 2 is 2.11 bits per heavy atom. The van der Waals surface area contributed by atoms with Crippen molar-refractivity contribution in [2.24, 2.45) is 11.1 Å². The summed E-state index contributed by atoms with van der Waals surface area (Å²) in [6.45, 7) is 4.58. The second kappa shape index (κ2) is 5.11. The van der Waals surface area contributed by atoms with Crippen molar-refractivity contribution >= 4 is 17.3 Å². The van der Waals surface area contributed by atoms with Crippen LogP contribution in [0.25, 0.3) is 0 Å². The molecule has 0 heterocycles. The predicted octanol–water partition coefficient (Wildman–Crippen LogP) is 2.75. The fourth-order valence-electron chi connectivity index (χ4n) is 2.80. The zero-order valence-electron chi connectivity index (χ0n) is 11.7. The molecule has 0 spiro atoms. The molecule has 1 atom stereocenters. The Kier molecular flexibility index (Phi) is 3.69. The van der Waals surface area contributed by atoms with E-state index in [1.807, 2.05) is 6.07 Å². The summed E-state index contributed by atoms with van der Waals surface area (Å²) in [6.07, 6.45) is 4.93. The summed E-state index contributed by atoms with van der Waals surface area (Å²) in [5.41, 5.74) is 13.4. The van der Waals surface area contributed by atoms with Crippen LogP contribution in [0.4, 0.5) is 11.4 Å². The summed E-state index contributed by atoms with van der Waals surface area (Å²) in [6, 6.07) is 5.63. The molecule has 0 aliphatic heterocycles. The first-order valence-corrected chi connectivity index (χ1v) is 6.86. The molecule has 0 bridgehead atoms. The molecule has 4 nitrogen and oxygen atoms in total. The van der Waals surface area contributed by atoms with E-state index < -0.39 is 5.91 Å². The Morgan fingerprint density at radius 3 is 2.68 bits per heavy atom. The van der Waals surface area contributed by atoms with Crippen molar-refractivity contribution in [2.75, 3.05) is 11.1 Å². The molecule has 1 unspecified atom stereocenters. The minimum atomic E-state index is -0.448. The summed E-state index contributed by atoms with van der Waals surface area (Å²) in [7, 11) is 0. The first-order chi connectivity index (χ1) is 8.90. The Bertz CT molecular complexity index is 482. The topological polar surface area (TPSA) is 81.1 Å². The third kappa shape index (κ3) is 3.00. The zero-order valence-corrected chi connectivity index (χ0v) is 11.7. The van der Waals surface area contributed by atoms with Crippen molar-refractivity contribution in [1.29, 1.82) is 0 Å². The average molecular weight is 261 g/mol. The molecule has 4 heteroatoms. The summed E-state index contributed by atoms with van der Waals surface area (Å²) in [5, 5.41) is 3.53. The average Bonchev–Trinajstić information content (AvgIpc) is 2.33. The number of hydrogen-bond acceptors (Lipinski definition) is 3. The highest BCUT2D eigenvalue weighted by Crippen LogP contribution is 2.38. The lowest BCUT2D eigenvalue weighted by atomic mass is 9.73. The van der Waals surface area contributed by atoms with Gasteiger partial charge in [0.15, 0.2) is 0 Å². The highest BCUT2D eigenvalue weighted by Gasteiger charge is 2.32. The molecule has 5 N–H and O–H groups in total. The molecule has 104 valence electrons. The van der Waals surface area contributed by atoms with Crippen molar-refractivity contribution in [3.63, 3.8) is 0 Å². The Balaban J connectivity index is 2.17. The van der Waals surface area contributed by atoms with Gasteiger partial charge in [0.05, 0.1) is 11.4 Å². The molecule has 2 rings (SSSR count). The molecule has 0 radical (unpaired) electrons. The Labute approximate surface area is 114 Å². The quantitative estimate of drug-likeness (QED) is 0.732. The fourth-order valence-corrected chi connectivity index (χ4v) is 2.80.